The fourth-order valence-electron chi connectivity index (χ4n) is 2.17. The van der Waals surface area contributed by atoms with Gasteiger partial charge in [0, 0.05) is 6.20 Å². The van der Waals surface area contributed by atoms with Crippen molar-refractivity contribution in [1.82, 2.24) is 15.3 Å². The van der Waals surface area contributed by atoms with Gasteiger partial charge in [0.1, 0.15) is 0 Å². The van der Waals surface area contributed by atoms with E-state index in [0.717, 1.165) is 5.69 Å². The molecule has 1 aromatic heterocycles. The van der Waals surface area contributed by atoms with Crippen LogP contribution in [-0.2, 0) is 11.4 Å². The maximum atomic E-state index is 5.47. The molecule has 0 bridgehead atoms. The normalized spacial score (nSPS) is 17.8. The second-order valence-corrected chi connectivity index (χ2v) is 5.76. The lowest BCUT2D eigenvalue weighted by Crippen LogP contribution is -2.28. The van der Waals surface area contributed by atoms with Crippen molar-refractivity contribution in [3.8, 4) is 0 Å². The maximum absolute atomic E-state index is 5.47. The molecule has 17 heavy (non-hydrogen) atoms. The zero-order chi connectivity index (χ0) is 12.3. The SMILES string of the molecule is CC(C)(C)ONCc1ccn(C2CCCC2)n1. The molecule has 4 heteroatoms. The lowest BCUT2D eigenvalue weighted by Gasteiger charge is -2.18. The number of aromatic nitrogens is 2. The molecule has 0 aromatic carbocycles. The van der Waals surface area contributed by atoms with E-state index in [1.807, 2.05) is 20.8 Å². The minimum absolute atomic E-state index is 0.159. The Morgan fingerprint density at radius 1 is 1.41 bits per heavy atom. The van der Waals surface area contributed by atoms with Gasteiger partial charge in [-0.15, -0.1) is 0 Å². The number of nitrogens with one attached hydrogen (secondary N) is 1. The summed E-state index contributed by atoms with van der Waals surface area (Å²) in [6.07, 6.45) is 7.31. The average molecular weight is 237 g/mol. The fourth-order valence-corrected chi connectivity index (χ4v) is 2.17. The van der Waals surface area contributed by atoms with Gasteiger partial charge < -0.3 is 0 Å². The van der Waals surface area contributed by atoms with Crippen LogP contribution < -0.4 is 5.48 Å². The van der Waals surface area contributed by atoms with E-state index in [-0.39, 0.29) is 5.60 Å². The molecule has 1 aliphatic rings. The van der Waals surface area contributed by atoms with E-state index in [2.05, 4.69) is 27.5 Å². The average Bonchev–Trinajstić information content (AvgIpc) is 2.83. The molecule has 1 aliphatic carbocycles. The van der Waals surface area contributed by atoms with Gasteiger partial charge in [-0.05, 0) is 39.7 Å². The number of hydrogen-bond acceptors (Lipinski definition) is 3. The van der Waals surface area contributed by atoms with E-state index in [1.165, 1.54) is 25.7 Å². The van der Waals surface area contributed by atoms with E-state index in [4.69, 9.17) is 4.84 Å². The number of hydrogen-bond donors (Lipinski definition) is 1. The molecule has 1 saturated carbocycles. The van der Waals surface area contributed by atoms with Crippen LogP contribution in [0.5, 0.6) is 0 Å². The first-order chi connectivity index (χ1) is 8.04. The monoisotopic (exact) mass is 237 g/mol. The largest absolute Gasteiger partial charge is 0.296 e. The standard InChI is InChI=1S/C13H23N3O/c1-13(2,3)17-14-10-11-8-9-16(15-11)12-6-4-5-7-12/h8-9,12,14H,4-7,10H2,1-3H3. The van der Waals surface area contributed by atoms with Crippen LogP contribution in [0.25, 0.3) is 0 Å². The number of hydroxylamine groups is 1. The first kappa shape index (κ1) is 12.6. The molecule has 96 valence electrons. The molecule has 1 N–H and O–H groups in total. The number of rotatable bonds is 4. The molecule has 0 atom stereocenters. The highest BCUT2D eigenvalue weighted by Gasteiger charge is 2.17. The van der Waals surface area contributed by atoms with Crippen LogP contribution in [0.3, 0.4) is 0 Å². The molecule has 4 nitrogen and oxygen atoms in total. The van der Waals surface area contributed by atoms with Gasteiger partial charge in [0.2, 0.25) is 0 Å². The molecule has 0 aliphatic heterocycles. The van der Waals surface area contributed by atoms with Gasteiger partial charge in [-0.2, -0.15) is 10.6 Å². The first-order valence-electron chi connectivity index (χ1n) is 6.49. The smallest absolute Gasteiger partial charge is 0.0813 e. The van der Waals surface area contributed by atoms with E-state index < -0.39 is 0 Å². The van der Waals surface area contributed by atoms with E-state index >= 15 is 0 Å². The van der Waals surface area contributed by atoms with Gasteiger partial charge in [-0.1, -0.05) is 12.8 Å². The van der Waals surface area contributed by atoms with Crippen molar-refractivity contribution in [2.75, 3.05) is 0 Å². The summed E-state index contributed by atoms with van der Waals surface area (Å²) in [7, 11) is 0. The van der Waals surface area contributed by atoms with Crippen molar-refractivity contribution >= 4 is 0 Å². The molecule has 1 aromatic rings. The molecule has 0 unspecified atom stereocenters. The molecule has 2 rings (SSSR count). The third-order valence-electron chi connectivity index (χ3n) is 2.99. The molecular formula is C13H23N3O. The molecule has 1 fully saturated rings. The van der Waals surface area contributed by atoms with Gasteiger partial charge in [-0.3, -0.25) is 9.52 Å². The molecule has 0 radical (unpaired) electrons. The summed E-state index contributed by atoms with van der Waals surface area (Å²) in [6, 6.07) is 2.68. The Labute approximate surface area is 103 Å². The molecular weight excluding hydrogens is 214 g/mol. The van der Waals surface area contributed by atoms with Crippen LogP contribution in [0.4, 0.5) is 0 Å². The predicted molar refractivity (Wildman–Crippen MR) is 67.4 cm³/mol. The van der Waals surface area contributed by atoms with Crippen molar-refractivity contribution < 1.29 is 4.84 Å². The van der Waals surface area contributed by atoms with Crippen molar-refractivity contribution in [2.45, 2.75) is 64.6 Å². The predicted octanol–water partition coefficient (Wildman–Crippen LogP) is 2.82. The van der Waals surface area contributed by atoms with Gasteiger partial charge in [0.25, 0.3) is 0 Å². The minimum Gasteiger partial charge on any atom is -0.296 e. The Hall–Kier alpha value is -0.870. The Kier molecular flexibility index (Phi) is 3.84. The summed E-state index contributed by atoms with van der Waals surface area (Å²) in [5.41, 5.74) is 3.85. The highest BCUT2D eigenvalue weighted by atomic mass is 16.7. The highest BCUT2D eigenvalue weighted by Crippen LogP contribution is 2.28. The summed E-state index contributed by atoms with van der Waals surface area (Å²) in [4.78, 5) is 5.47. The lowest BCUT2D eigenvalue weighted by atomic mass is 10.2. The Balaban J connectivity index is 1.81. The molecule has 0 spiro atoms. The van der Waals surface area contributed by atoms with E-state index in [9.17, 15) is 0 Å². The summed E-state index contributed by atoms with van der Waals surface area (Å²) < 4.78 is 2.11. The Morgan fingerprint density at radius 2 is 2.12 bits per heavy atom. The van der Waals surface area contributed by atoms with Crippen molar-refractivity contribution in [1.29, 1.82) is 0 Å². The van der Waals surface area contributed by atoms with Crippen LogP contribution in [0.2, 0.25) is 0 Å². The molecule has 0 amide bonds. The third kappa shape index (κ3) is 3.82. The van der Waals surface area contributed by atoms with Gasteiger partial charge in [0.05, 0.1) is 23.9 Å². The topological polar surface area (TPSA) is 39.1 Å². The van der Waals surface area contributed by atoms with Crippen molar-refractivity contribution in [3.63, 3.8) is 0 Å². The zero-order valence-electron chi connectivity index (χ0n) is 11.1. The highest BCUT2D eigenvalue weighted by molar-refractivity contribution is 4.99. The van der Waals surface area contributed by atoms with Crippen molar-refractivity contribution in [2.24, 2.45) is 0 Å². The van der Waals surface area contributed by atoms with Crippen LogP contribution in [0.15, 0.2) is 12.3 Å². The van der Waals surface area contributed by atoms with E-state index in [0.29, 0.717) is 12.6 Å². The Morgan fingerprint density at radius 3 is 2.76 bits per heavy atom. The zero-order valence-corrected chi connectivity index (χ0v) is 11.1. The number of nitrogens with zero attached hydrogens (tertiary/aromatic N) is 2. The van der Waals surface area contributed by atoms with Gasteiger partial charge in [-0.25, -0.2) is 0 Å². The lowest BCUT2D eigenvalue weighted by molar-refractivity contribution is -0.0761. The summed E-state index contributed by atoms with van der Waals surface area (Å²) in [5.74, 6) is 0. The van der Waals surface area contributed by atoms with Gasteiger partial charge >= 0.3 is 0 Å². The van der Waals surface area contributed by atoms with Crippen LogP contribution in [-0.4, -0.2) is 15.4 Å². The second kappa shape index (κ2) is 5.19. The summed E-state index contributed by atoms with van der Waals surface area (Å²) in [5, 5.41) is 4.59. The second-order valence-electron chi connectivity index (χ2n) is 5.76. The minimum atomic E-state index is -0.159. The van der Waals surface area contributed by atoms with E-state index in [1.54, 1.807) is 0 Å². The van der Waals surface area contributed by atoms with Crippen LogP contribution in [0, 0.1) is 0 Å². The van der Waals surface area contributed by atoms with Gasteiger partial charge in [0.15, 0.2) is 0 Å². The maximum Gasteiger partial charge on any atom is 0.0813 e. The third-order valence-corrected chi connectivity index (χ3v) is 2.99. The first-order valence-corrected chi connectivity index (χ1v) is 6.49. The Bertz CT molecular complexity index is 348. The quantitative estimate of drug-likeness (QED) is 0.818. The van der Waals surface area contributed by atoms with Crippen molar-refractivity contribution in [3.05, 3.63) is 18.0 Å². The molecule has 0 saturated heterocycles. The van der Waals surface area contributed by atoms with Crippen LogP contribution in [0.1, 0.15) is 58.2 Å². The fraction of sp³-hybridized carbons (Fsp3) is 0.769. The van der Waals surface area contributed by atoms with Crippen LogP contribution >= 0.6 is 0 Å². The summed E-state index contributed by atoms with van der Waals surface area (Å²) in [6.45, 7) is 6.74. The summed E-state index contributed by atoms with van der Waals surface area (Å²) >= 11 is 0. The molecule has 1 heterocycles.